The summed E-state index contributed by atoms with van der Waals surface area (Å²) in [5.41, 5.74) is 2.38. The number of fused-ring (bicyclic) bond motifs is 2. The Balaban J connectivity index is 0.759. The minimum Gasteiger partial charge on any atom is -0.493 e. The van der Waals surface area contributed by atoms with Gasteiger partial charge >= 0.3 is 0 Å². The Labute approximate surface area is 356 Å². The third-order valence-electron chi connectivity index (χ3n) is 10.7. The van der Waals surface area contributed by atoms with Gasteiger partial charge in [-0.05, 0) is 67.3 Å². The quantitative estimate of drug-likeness (QED) is 0.0917. The van der Waals surface area contributed by atoms with Gasteiger partial charge in [0.15, 0.2) is 18.2 Å². The highest BCUT2D eigenvalue weighted by Gasteiger charge is 2.39. The van der Waals surface area contributed by atoms with E-state index >= 15 is 0 Å². The van der Waals surface area contributed by atoms with E-state index in [0.717, 1.165) is 23.8 Å². The number of rotatable bonds is 19. The molecule has 2 saturated heterocycles. The zero-order valence-electron chi connectivity index (χ0n) is 34.1. The minimum atomic E-state index is -0.647. The summed E-state index contributed by atoms with van der Waals surface area (Å²) in [7, 11) is 3.15. The van der Waals surface area contributed by atoms with Crippen LogP contribution in [-0.4, -0.2) is 122 Å². The third-order valence-corrected chi connectivity index (χ3v) is 11.0. The van der Waals surface area contributed by atoms with Gasteiger partial charge in [0.2, 0.25) is 17.8 Å². The number of amides is 4. The van der Waals surface area contributed by atoms with E-state index in [4.69, 9.17) is 40.3 Å². The summed E-state index contributed by atoms with van der Waals surface area (Å²) in [4.78, 5) is 73.9. The largest absolute Gasteiger partial charge is 0.493 e. The minimum absolute atomic E-state index is 0.0683. The van der Waals surface area contributed by atoms with Gasteiger partial charge in [-0.3, -0.25) is 29.3 Å². The van der Waals surface area contributed by atoms with Crippen molar-refractivity contribution < 1.29 is 42.9 Å². The van der Waals surface area contributed by atoms with Gasteiger partial charge in [0, 0.05) is 69.8 Å². The van der Waals surface area contributed by atoms with Crippen molar-refractivity contribution in [1.82, 2.24) is 30.1 Å². The molecular weight excluding hydrogens is 812 g/mol. The molecule has 61 heavy (non-hydrogen) atoms. The summed E-state index contributed by atoms with van der Waals surface area (Å²) in [6, 6.07) is 11.8. The van der Waals surface area contributed by atoms with Gasteiger partial charge in [-0.2, -0.15) is 4.98 Å². The fourth-order valence-electron chi connectivity index (χ4n) is 7.39. The molecule has 0 radical (unpaired) electrons. The standard InChI is InChI=1S/C42H49ClN8O10/c1-44-37(53)25-61-35-22-26-20-28(4-7-33(26)49(2)41(35)56)46-38-32(43)23-45-42(48-38)50-12-10-29(11-13-50)60-19-18-58-17-16-57-14-3-15-59-30-5-6-31-27(21-30)24-51(40(31)55)34-8-9-36(52)47-39(34)54/h4-7,20-23,29,34H,3,8-19,24-25H2,1-2H3,(H,44,53)(H,45,46,48)(H,47,52,54). The van der Waals surface area contributed by atoms with Gasteiger partial charge in [0.25, 0.3) is 17.4 Å². The third kappa shape index (κ3) is 10.7. The first-order chi connectivity index (χ1) is 29.6. The molecule has 324 valence electrons. The number of halogens is 1. The van der Waals surface area contributed by atoms with E-state index in [1.807, 2.05) is 24.3 Å². The SMILES string of the molecule is CNC(=O)COc1cc2cc(Nc3nc(N4CCC(OCCOCCOCCCOc5ccc6c(c5)CN(C5CCC(=O)NC5=O)C6=O)CC4)ncc3Cl)ccc2n(C)c1=O. The molecule has 19 heteroatoms. The Kier molecular flexibility index (Phi) is 14.3. The molecule has 2 fully saturated rings. The molecule has 2 aromatic carbocycles. The van der Waals surface area contributed by atoms with Crippen molar-refractivity contribution >= 4 is 63.6 Å². The van der Waals surface area contributed by atoms with Gasteiger partial charge < -0.3 is 48.7 Å². The summed E-state index contributed by atoms with van der Waals surface area (Å²) in [5, 5.41) is 9.14. The number of benzene rings is 2. The fraction of sp³-hybridized carbons (Fsp3) is 0.452. The molecule has 3 aliphatic heterocycles. The van der Waals surface area contributed by atoms with Crippen molar-refractivity contribution in [3.8, 4) is 11.5 Å². The number of imide groups is 1. The average molecular weight is 861 g/mol. The number of carbonyl (C=O) groups excluding carboxylic acids is 4. The average Bonchev–Trinajstić information content (AvgIpc) is 3.58. The predicted molar refractivity (Wildman–Crippen MR) is 224 cm³/mol. The van der Waals surface area contributed by atoms with E-state index in [0.29, 0.717) is 111 Å². The first-order valence-corrected chi connectivity index (χ1v) is 20.6. The van der Waals surface area contributed by atoms with Crippen molar-refractivity contribution in [3.05, 3.63) is 75.2 Å². The number of pyridine rings is 1. The van der Waals surface area contributed by atoms with Crippen LogP contribution in [-0.2, 0) is 42.2 Å². The lowest BCUT2D eigenvalue weighted by Gasteiger charge is -2.32. The van der Waals surface area contributed by atoms with Crippen LogP contribution in [0.4, 0.5) is 17.5 Å². The number of ether oxygens (including phenoxy) is 5. The Hall–Kier alpha value is -5.82. The highest BCUT2D eigenvalue weighted by molar-refractivity contribution is 6.33. The molecule has 3 N–H and O–H groups in total. The van der Waals surface area contributed by atoms with Crippen molar-refractivity contribution in [2.45, 2.75) is 50.8 Å². The normalized spacial score (nSPS) is 16.8. The molecule has 18 nitrogen and oxygen atoms in total. The lowest BCUT2D eigenvalue weighted by Crippen LogP contribution is -2.52. The molecular formula is C42H49ClN8O10. The van der Waals surface area contributed by atoms with Crippen LogP contribution in [0.15, 0.2) is 53.5 Å². The summed E-state index contributed by atoms with van der Waals surface area (Å²) < 4.78 is 30.3. The maximum Gasteiger partial charge on any atom is 0.293 e. The maximum atomic E-state index is 12.9. The molecule has 0 spiro atoms. The molecule has 7 rings (SSSR count). The van der Waals surface area contributed by atoms with Crippen LogP contribution in [0, 0.1) is 0 Å². The van der Waals surface area contributed by atoms with Crippen LogP contribution >= 0.6 is 11.6 Å². The van der Waals surface area contributed by atoms with Crippen LogP contribution in [0.3, 0.4) is 0 Å². The van der Waals surface area contributed by atoms with E-state index in [-0.39, 0.29) is 48.2 Å². The lowest BCUT2D eigenvalue weighted by atomic mass is 10.0. The smallest absolute Gasteiger partial charge is 0.293 e. The van der Waals surface area contributed by atoms with Crippen molar-refractivity contribution in [2.75, 3.05) is 76.6 Å². The number of carbonyl (C=O) groups is 4. The van der Waals surface area contributed by atoms with Gasteiger partial charge in [-0.15, -0.1) is 0 Å². The van der Waals surface area contributed by atoms with Crippen LogP contribution in [0.2, 0.25) is 5.02 Å². The number of aryl methyl sites for hydroxylation is 1. The van der Waals surface area contributed by atoms with Gasteiger partial charge in [0.1, 0.15) is 16.8 Å². The molecule has 0 bridgehead atoms. The zero-order chi connectivity index (χ0) is 42.9. The lowest BCUT2D eigenvalue weighted by molar-refractivity contribution is -0.137. The van der Waals surface area contributed by atoms with Crippen molar-refractivity contribution in [1.29, 1.82) is 0 Å². The molecule has 1 unspecified atom stereocenters. The molecule has 0 saturated carbocycles. The highest BCUT2D eigenvalue weighted by atomic mass is 35.5. The summed E-state index contributed by atoms with van der Waals surface area (Å²) >= 11 is 6.50. The number of likely N-dealkylation sites (N-methyl/N-ethyl adjacent to an activating group) is 1. The topological polar surface area (TPSA) is 205 Å². The van der Waals surface area contributed by atoms with Crippen LogP contribution in [0.5, 0.6) is 11.5 Å². The van der Waals surface area contributed by atoms with E-state index in [9.17, 15) is 24.0 Å². The van der Waals surface area contributed by atoms with E-state index < -0.39 is 11.9 Å². The van der Waals surface area contributed by atoms with Crippen LogP contribution in [0.25, 0.3) is 10.9 Å². The zero-order valence-corrected chi connectivity index (χ0v) is 34.8. The molecule has 1 atom stereocenters. The number of hydrogen-bond acceptors (Lipinski definition) is 14. The second-order valence-electron chi connectivity index (χ2n) is 14.8. The molecule has 2 aromatic heterocycles. The van der Waals surface area contributed by atoms with E-state index in [1.54, 1.807) is 31.4 Å². The number of hydrogen-bond donors (Lipinski definition) is 3. The fourth-order valence-corrected chi connectivity index (χ4v) is 7.53. The first kappa shape index (κ1) is 43.3. The van der Waals surface area contributed by atoms with Crippen molar-refractivity contribution in [2.24, 2.45) is 7.05 Å². The second kappa shape index (κ2) is 20.2. The van der Waals surface area contributed by atoms with Crippen molar-refractivity contribution in [3.63, 3.8) is 0 Å². The molecule has 4 aromatic rings. The second-order valence-corrected chi connectivity index (χ2v) is 15.2. The number of anilines is 3. The number of aromatic nitrogens is 3. The van der Waals surface area contributed by atoms with E-state index in [2.05, 4.69) is 25.8 Å². The van der Waals surface area contributed by atoms with Gasteiger partial charge in [-0.25, -0.2) is 4.98 Å². The monoisotopic (exact) mass is 860 g/mol. The Morgan fingerprint density at radius 2 is 1.72 bits per heavy atom. The highest BCUT2D eigenvalue weighted by Crippen LogP contribution is 2.31. The molecule has 3 aliphatic rings. The van der Waals surface area contributed by atoms with Gasteiger partial charge in [0.05, 0.1) is 50.9 Å². The predicted octanol–water partition coefficient (Wildman–Crippen LogP) is 3.10. The summed E-state index contributed by atoms with van der Waals surface area (Å²) in [6.07, 6.45) is 4.49. The number of nitrogens with zero attached hydrogens (tertiary/aromatic N) is 5. The number of nitrogens with one attached hydrogen (secondary N) is 3. The molecule has 0 aliphatic carbocycles. The van der Waals surface area contributed by atoms with Crippen LogP contribution < -0.4 is 35.9 Å². The van der Waals surface area contributed by atoms with Crippen LogP contribution in [0.1, 0.15) is 48.0 Å². The summed E-state index contributed by atoms with van der Waals surface area (Å²) in [5.74, 6) is 0.407. The first-order valence-electron chi connectivity index (χ1n) is 20.3. The summed E-state index contributed by atoms with van der Waals surface area (Å²) in [6.45, 7) is 4.23. The Bertz CT molecular complexity index is 2320. The maximum absolute atomic E-state index is 12.9. The molecule has 4 amide bonds. The van der Waals surface area contributed by atoms with Gasteiger partial charge in [-0.1, -0.05) is 11.6 Å². The number of piperidine rings is 2. The Morgan fingerprint density at radius 1 is 0.934 bits per heavy atom. The van der Waals surface area contributed by atoms with E-state index in [1.165, 1.54) is 16.5 Å². The molecule has 5 heterocycles. The Morgan fingerprint density at radius 3 is 2.51 bits per heavy atom.